The van der Waals surface area contributed by atoms with Gasteiger partial charge in [-0.05, 0) is 24.3 Å². The third-order valence-corrected chi connectivity index (χ3v) is 3.04. The molecule has 2 N–H and O–H groups in total. The maximum Gasteiger partial charge on any atom is 0.255 e. The van der Waals surface area contributed by atoms with Gasteiger partial charge in [0.05, 0.1) is 11.2 Å². The Kier molecular flexibility index (Phi) is 2.87. The first-order chi connectivity index (χ1) is 9.63. The van der Waals surface area contributed by atoms with Gasteiger partial charge in [0.15, 0.2) is 0 Å². The summed E-state index contributed by atoms with van der Waals surface area (Å²) in [5, 5.41) is 17.6. The summed E-state index contributed by atoms with van der Waals surface area (Å²) in [5.74, 6) is -0.237. The van der Waals surface area contributed by atoms with E-state index in [4.69, 9.17) is 0 Å². The van der Waals surface area contributed by atoms with Crippen molar-refractivity contribution in [3.63, 3.8) is 0 Å². The number of phenolic OH excluding ortho intramolecular Hbond substituents is 1. The molecule has 0 aliphatic rings. The summed E-state index contributed by atoms with van der Waals surface area (Å²) in [5.41, 5.74) is 1.65. The number of aromatic nitrogens is 2. The molecule has 0 saturated carbocycles. The average Bonchev–Trinajstić information content (AvgIpc) is 2.80. The Bertz CT molecular complexity index is 793. The topological polar surface area (TPSA) is 67.2 Å². The second kappa shape index (κ2) is 4.70. The van der Waals surface area contributed by atoms with Gasteiger partial charge in [0.2, 0.25) is 0 Å². The van der Waals surface area contributed by atoms with E-state index >= 15 is 0 Å². The predicted octanol–water partition coefficient (Wildman–Crippen LogP) is 2.53. The molecule has 5 heteroatoms. The van der Waals surface area contributed by atoms with Crippen molar-refractivity contribution < 1.29 is 9.90 Å². The molecule has 100 valence electrons. The Morgan fingerprint density at radius 1 is 1.25 bits per heavy atom. The van der Waals surface area contributed by atoms with E-state index < -0.39 is 0 Å². The van der Waals surface area contributed by atoms with Crippen LogP contribution in [-0.2, 0) is 7.05 Å². The molecule has 3 aromatic rings. The van der Waals surface area contributed by atoms with Crippen LogP contribution < -0.4 is 5.32 Å². The number of aromatic hydroxyl groups is 1. The molecule has 0 atom stereocenters. The summed E-state index contributed by atoms with van der Waals surface area (Å²) in [6, 6.07) is 11.9. The summed E-state index contributed by atoms with van der Waals surface area (Å²) in [7, 11) is 1.84. The van der Waals surface area contributed by atoms with Gasteiger partial charge >= 0.3 is 0 Å². The van der Waals surface area contributed by atoms with Crippen molar-refractivity contribution in [1.29, 1.82) is 0 Å². The number of carbonyl (C=O) groups is 1. The highest BCUT2D eigenvalue weighted by atomic mass is 16.3. The first-order valence-electron chi connectivity index (χ1n) is 6.16. The Morgan fingerprint density at radius 2 is 2.05 bits per heavy atom. The second-order valence-corrected chi connectivity index (χ2v) is 4.55. The SMILES string of the molecule is Cn1cc2ccc(C(=O)Nc3ccccc3O)cc2n1. The van der Waals surface area contributed by atoms with Gasteiger partial charge in [0, 0.05) is 24.2 Å². The molecule has 20 heavy (non-hydrogen) atoms. The van der Waals surface area contributed by atoms with Crippen molar-refractivity contribution in [2.75, 3.05) is 5.32 Å². The third-order valence-electron chi connectivity index (χ3n) is 3.04. The molecule has 5 nitrogen and oxygen atoms in total. The Morgan fingerprint density at radius 3 is 2.85 bits per heavy atom. The minimum atomic E-state index is -0.279. The maximum atomic E-state index is 12.2. The molecular formula is C15H13N3O2. The molecule has 0 aliphatic carbocycles. The first-order valence-corrected chi connectivity index (χ1v) is 6.16. The summed E-state index contributed by atoms with van der Waals surface area (Å²) >= 11 is 0. The highest BCUT2D eigenvalue weighted by Crippen LogP contribution is 2.22. The highest BCUT2D eigenvalue weighted by Gasteiger charge is 2.10. The first kappa shape index (κ1) is 12.2. The summed E-state index contributed by atoms with van der Waals surface area (Å²) in [6.07, 6.45) is 1.89. The van der Waals surface area contributed by atoms with Gasteiger partial charge in [-0.3, -0.25) is 9.48 Å². The normalized spacial score (nSPS) is 10.7. The molecule has 3 rings (SSSR count). The Balaban J connectivity index is 1.90. The zero-order chi connectivity index (χ0) is 14.1. The van der Waals surface area contributed by atoms with Gasteiger partial charge in [0.25, 0.3) is 5.91 Å². The molecule has 2 aromatic carbocycles. The van der Waals surface area contributed by atoms with Gasteiger partial charge in [-0.2, -0.15) is 5.10 Å². The lowest BCUT2D eigenvalue weighted by Gasteiger charge is -2.06. The number of nitrogens with zero attached hydrogens (tertiary/aromatic N) is 2. The van der Waals surface area contributed by atoms with Crippen LogP contribution in [0.25, 0.3) is 10.9 Å². The van der Waals surface area contributed by atoms with E-state index in [1.54, 1.807) is 35.0 Å². The molecule has 0 saturated heterocycles. The fraction of sp³-hybridized carbons (Fsp3) is 0.0667. The second-order valence-electron chi connectivity index (χ2n) is 4.55. The molecule has 0 fully saturated rings. The number of anilines is 1. The summed E-state index contributed by atoms with van der Waals surface area (Å²) in [6.45, 7) is 0. The lowest BCUT2D eigenvalue weighted by molar-refractivity contribution is 0.102. The standard InChI is InChI=1S/C15H13N3O2/c1-18-9-11-7-6-10(8-13(11)17-18)15(20)16-12-4-2-3-5-14(12)19/h2-9,19H,1H3,(H,16,20). The van der Waals surface area contributed by atoms with Crippen LogP contribution in [0.1, 0.15) is 10.4 Å². The lowest BCUT2D eigenvalue weighted by Crippen LogP contribution is -2.11. The highest BCUT2D eigenvalue weighted by molar-refractivity contribution is 6.06. The number of fused-ring (bicyclic) bond motifs is 1. The van der Waals surface area contributed by atoms with E-state index in [1.807, 2.05) is 19.3 Å². The van der Waals surface area contributed by atoms with Crippen molar-refractivity contribution in [3.8, 4) is 5.75 Å². The van der Waals surface area contributed by atoms with Crippen LogP contribution in [0.5, 0.6) is 5.75 Å². The van der Waals surface area contributed by atoms with Crippen LogP contribution in [-0.4, -0.2) is 20.8 Å². The molecule has 0 aliphatic heterocycles. The number of phenols is 1. The van der Waals surface area contributed by atoms with Gasteiger partial charge in [-0.15, -0.1) is 0 Å². The van der Waals surface area contributed by atoms with Crippen LogP contribution >= 0.6 is 0 Å². The minimum absolute atomic E-state index is 0.0414. The largest absolute Gasteiger partial charge is 0.506 e. The Hall–Kier alpha value is -2.82. The molecule has 1 amide bonds. The molecular weight excluding hydrogens is 254 g/mol. The molecule has 1 heterocycles. The van der Waals surface area contributed by atoms with E-state index in [9.17, 15) is 9.90 Å². The number of para-hydroxylation sites is 2. The quantitative estimate of drug-likeness (QED) is 0.701. The van der Waals surface area contributed by atoms with Gasteiger partial charge < -0.3 is 10.4 Å². The molecule has 0 unspecified atom stereocenters. The predicted molar refractivity (Wildman–Crippen MR) is 76.8 cm³/mol. The number of hydrogen-bond acceptors (Lipinski definition) is 3. The number of carbonyl (C=O) groups excluding carboxylic acids is 1. The summed E-state index contributed by atoms with van der Waals surface area (Å²) in [4.78, 5) is 12.2. The van der Waals surface area contributed by atoms with Gasteiger partial charge in [0.1, 0.15) is 5.75 Å². The molecule has 0 spiro atoms. The number of hydrogen-bond donors (Lipinski definition) is 2. The van der Waals surface area contributed by atoms with Gasteiger partial charge in [-0.25, -0.2) is 0 Å². The van der Waals surface area contributed by atoms with Crippen molar-refractivity contribution in [2.24, 2.45) is 7.05 Å². The van der Waals surface area contributed by atoms with E-state index in [-0.39, 0.29) is 11.7 Å². The monoisotopic (exact) mass is 267 g/mol. The van der Waals surface area contributed by atoms with E-state index in [1.165, 1.54) is 6.07 Å². The molecule has 0 bridgehead atoms. The summed E-state index contributed by atoms with van der Waals surface area (Å²) < 4.78 is 1.70. The van der Waals surface area contributed by atoms with Crippen LogP contribution in [0.2, 0.25) is 0 Å². The number of nitrogens with one attached hydrogen (secondary N) is 1. The van der Waals surface area contributed by atoms with Crippen LogP contribution in [0, 0.1) is 0 Å². The van der Waals surface area contributed by atoms with Crippen LogP contribution in [0.4, 0.5) is 5.69 Å². The van der Waals surface area contributed by atoms with E-state index in [2.05, 4.69) is 10.4 Å². The van der Waals surface area contributed by atoms with E-state index in [0.717, 1.165) is 10.9 Å². The molecule has 1 aromatic heterocycles. The zero-order valence-corrected chi connectivity index (χ0v) is 10.9. The third kappa shape index (κ3) is 2.21. The zero-order valence-electron chi connectivity index (χ0n) is 10.9. The number of aryl methyl sites for hydroxylation is 1. The van der Waals surface area contributed by atoms with Crippen LogP contribution in [0.3, 0.4) is 0 Å². The van der Waals surface area contributed by atoms with E-state index in [0.29, 0.717) is 11.3 Å². The lowest BCUT2D eigenvalue weighted by atomic mass is 10.1. The maximum absolute atomic E-state index is 12.2. The number of rotatable bonds is 2. The number of amides is 1. The van der Waals surface area contributed by atoms with Crippen molar-refractivity contribution in [2.45, 2.75) is 0 Å². The van der Waals surface area contributed by atoms with Crippen molar-refractivity contribution in [1.82, 2.24) is 9.78 Å². The Labute approximate surface area is 115 Å². The van der Waals surface area contributed by atoms with Gasteiger partial charge in [-0.1, -0.05) is 18.2 Å². The minimum Gasteiger partial charge on any atom is -0.506 e. The van der Waals surface area contributed by atoms with Crippen LogP contribution in [0.15, 0.2) is 48.7 Å². The van der Waals surface area contributed by atoms with Crippen molar-refractivity contribution >= 4 is 22.5 Å². The average molecular weight is 267 g/mol. The fourth-order valence-corrected chi connectivity index (χ4v) is 2.05. The smallest absolute Gasteiger partial charge is 0.255 e. The fourth-order valence-electron chi connectivity index (χ4n) is 2.05. The number of benzene rings is 2. The molecule has 0 radical (unpaired) electrons. The van der Waals surface area contributed by atoms with Crippen molar-refractivity contribution in [3.05, 3.63) is 54.2 Å².